The summed E-state index contributed by atoms with van der Waals surface area (Å²) in [5, 5.41) is 3.96. The van der Waals surface area contributed by atoms with Crippen molar-refractivity contribution in [2.75, 3.05) is 0 Å². The molecular weight excluding hydrogens is 230 g/mol. The molecule has 94 valence electrons. The van der Waals surface area contributed by atoms with Crippen molar-refractivity contribution >= 4 is 5.78 Å². The van der Waals surface area contributed by atoms with E-state index in [0.717, 1.165) is 0 Å². The molecule has 0 aliphatic heterocycles. The Morgan fingerprint density at radius 1 is 1.39 bits per heavy atom. The minimum atomic E-state index is 0.0727. The van der Waals surface area contributed by atoms with E-state index in [1.165, 1.54) is 6.33 Å². The van der Waals surface area contributed by atoms with Crippen LogP contribution in [0.4, 0.5) is 0 Å². The number of hydrogen-bond donors (Lipinski definition) is 0. The monoisotopic (exact) mass is 245 g/mol. The molecule has 1 aromatic carbocycles. The predicted octanol–water partition coefficient (Wildman–Crippen LogP) is 1.99. The normalized spacial score (nSPS) is 10.3. The Balaban J connectivity index is 2.14. The zero-order valence-corrected chi connectivity index (χ0v) is 10.5. The first-order valence-electron chi connectivity index (χ1n) is 5.80. The van der Waals surface area contributed by atoms with Gasteiger partial charge in [0.2, 0.25) is 0 Å². The lowest BCUT2D eigenvalue weighted by Crippen LogP contribution is -2.07. The first-order chi connectivity index (χ1) is 8.72. The standard InChI is InChI=1S/C13H15N3O2/c1-3-11(17)10-6-4-5-7-12(10)18-8-13-14-9-15-16(13)2/h4-7,9H,3,8H2,1-2H3. The molecule has 0 saturated carbocycles. The largest absolute Gasteiger partial charge is 0.485 e. The van der Waals surface area contributed by atoms with Crippen LogP contribution < -0.4 is 4.74 Å². The summed E-state index contributed by atoms with van der Waals surface area (Å²) in [4.78, 5) is 15.8. The summed E-state index contributed by atoms with van der Waals surface area (Å²) in [7, 11) is 1.80. The highest BCUT2D eigenvalue weighted by Gasteiger charge is 2.10. The molecule has 0 unspecified atom stereocenters. The molecule has 0 N–H and O–H groups in total. The second-order valence-corrected chi connectivity index (χ2v) is 3.86. The Kier molecular flexibility index (Phi) is 3.72. The molecule has 1 heterocycles. The van der Waals surface area contributed by atoms with Crippen molar-refractivity contribution in [1.29, 1.82) is 0 Å². The first kappa shape index (κ1) is 12.3. The summed E-state index contributed by atoms with van der Waals surface area (Å²) >= 11 is 0. The Labute approximate surface area is 105 Å². The molecule has 0 aliphatic rings. The topological polar surface area (TPSA) is 57.0 Å². The third-order valence-corrected chi connectivity index (χ3v) is 2.67. The first-order valence-corrected chi connectivity index (χ1v) is 5.80. The van der Waals surface area contributed by atoms with Gasteiger partial charge in [-0.3, -0.25) is 9.48 Å². The van der Waals surface area contributed by atoms with Crippen molar-refractivity contribution in [2.24, 2.45) is 7.05 Å². The number of hydrogen-bond acceptors (Lipinski definition) is 4. The van der Waals surface area contributed by atoms with Gasteiger partial charge in [0.25, 0.3) is 0 Å². The number of ketones is 1. The fraction of sp³-hybridized carbons (Fsp3) is 0.308. The van der Waals surface area contributed by atoms with Gasteiger partial charge in [-0.25, -0.2) is 4.98 Å². The molecule has 2 aromatic rings. The number of aromatic nitrogens is 3. The molecule has 0 saturated heterocycles. The molecule has 0 amide bonds. The smallest absolute Gasteiger partial charge is 0.166 e. The van der Waals surface area contributed by atoms with Gasteiger partial charge in [-0.05, 0) is 12.1 Å². The SMILES string of the molecule is CCC(=O)c1ccccc1OCc1ncnn1C. The number of nitrogens with zero attached hydrogens (tertiary/aromatic N) is 3. The maximum absolute atomic E-state index is 11.7. The number of ether oxygens (including phenoxy) is 1. The lowest BCUT2D eigenvalue weighted by molar-refractivity contribution is 0.0983. The van der Waals surface area contributed by atoms with Gasteiger partial charge in [0.1, 0.15) is 18.7 Å². The Morgan fingerprint density at radius 3 is 2.83 bits per heavy atom. The summed E-state index contributed by atoms with van der Waals surface area (Å²) in [6.45, 7) is 2.13. The average Bonchev–Trinajstić information content (AvgIpc) is 2.81. The molecule has 2 rings (SSSR count). The van der Waals surface area contributed by atoms with Crippen LogP contribution in [0.2, 0.25) is 0 Å². The zero-order chi connectivity index (χ0) is 13.0. The van der Waals surface area contributed by atoms with E-state index < -0.39 is 0 Å². The minimum Gasteiger partial charge on any atom is -0.485 e. The average molecular weight is 245 g/mol. The Morgan fingerprint density at radius 2 is 2.17 bits per heavy atom. The van der Waals surface area contributed by atoms with Gasteiger partial charge in [-0.1, -0.05) is 19.1 Å². The van der Waals surface area contributed by atoms with Crippen molar-refractivity contribution in [3.8, 4) is 5.75 Å². The number of rotatable bonds is 5. The fourth-order valence-electron chi connectivity index (χ4n) is 1.61. The van der Waals surface area contributed by atoms with Gasteiger partial charge < -0.3 is 4.74 Å². The van der Waals surface area contributed by atoms with Crippen LogP contribution in [-0.4, -0.2) is 20.5 Å². The third-order valence-electron chi connectivity index (χ3n) is 2.67. The van der Waals surface area contributed by atoms with Crippen LogP contribution in [0.15, 0.2) is 30.6 Å². The molecular formula is C13H15N3O2. The van der Waals surface area contributed by atoms with Crippen LogP contribution in [0.3, 0.4) is 0 Å². The van der Waals surface area contributed by atoms with Crippen LogP contribution in [0.25, 0.3) is 0 Å². The fourth-order valence-corrected chi connectivity index (χ4v) is 1.61. The number of carbonyl (C=O) groups excluding carboxylic acids is 1. The van der Waals surface area contributed by atoms with E-state index in [0.29, 0.717) is 30.2 Å². The van der Waals surface area contributed by atoms with Crippen LogP contribution >= 0.6 is 0 Å². The minimum absolute atomic E-state index is 0.0727. The molecule has 0 aliphatic carbocycles. The summed E-state index contributed by atoms with van der Waals surface area (Å²) < 4.78 is 7.28. The maximum atomic E-state index is 11.7. The van der Waals surface area contributed by atoms with E-state index in [4.69, 9.17) is 4.74 Å². The zero-order valence-electron chi connectivity index (χ0n) is 10.5. The van der Waals surface area contributed by atoms with Crippen molar-refractivity contribution < 1.29 is 9.53 Å². The summed E-state index contributed by atoms with van der Waals surface area (Å²) in [5.41, 5.74) is 0.613. The van der Waals surface area contributed by atoms with Gasteiger partial charge in [-0.15, -0.1) is 0 Å². The van der Waals surface area contributed by atoms with Crippen LogP contribution in [0.1, 0.15) is 29.5 Å². The van der Waals surface area contributed by atoms with Crippen molar-refractivity contribution in [3.63, 3.8) is 0 Å². The highest BCUT2D eigenvalue weighted by molar-refractivity contribution is 5.98. The molecule has 0 radical (unpaired) electrons. The molecule has 5 nitrogen and oxygen atoms in total. The molecule has 1 aromatic heterocycles. The highest BCUT2D eigenvalue weighted by Crippen LogP contribution is 2.20. The van der Waals surface area contributed by atoms with E-state index in [1.54, 1.807) is 23.9 Å². The predicted molar refractivity (Wildman–Crippen MR) is 66.4 cm³/mol. The van der Waals surface area contributed by atoms with Crippen LogP contribution in [0, 0.1) is 0 Å². The number of carbonyl (C=O) groups is 1. The van der Waals surface area contributed by atoms with Gasteiger partial charge in [0.15, 0.2) is 11.6 Å². The summed E-state index contributed by atoms with van der Waals surface area (Å²) in [6, 6.07) is 7.24. The lowest BCUT2D eigenvalue weighted by atomic mass is 10.1. The number of para-hydroxylation sites is 1. The van der Waals surface area contributed by atoms with E-state index in [1.807, 2.05) is 19.1 Å². The van der Waals surface area contributed by atoms with E-state index in [2.05, 4.69) is 10.1 Å². The van der Waals surface area contributed by atoms with Crippen molar-refractivity contribution in [2.45, 2.75) is 20.0 Å². The summed E-state index contributed by atoms with van der Waals surface area (Å²) in [6.07, 6.45) is 1.94. The molecule has 0 fully saturated rings. The molecule has 0 atom stereocenters. The Bertz CT molecular complexity index is 549. The van der Waals surface area contributed by atoms with E-state index >= 15 is 0 Å². The van der Waals surface area contributed by atoms with Gasteiger partial charge in [0, 0.05) is 13.5 Å². The Hall–Kier alpha value is -2.17. The quantitative estimate of drug-likeness (QED) is 0.756. The second-order valence-electron chi connectivity index (χ2n) is 3.86. The highest BCUT2D eigenvalue weighted by atomic mass is 16.5. The lowest BCUT2D eigenvalue weighted by Gasteiger charge is -2.09. The van der Waals surface area contributed by atoms with Gasteiger partial charge in [-0.2, -0.15) is 5.10 Å². The van der Waals surface area contributed by atoms with Crippen LogP contribution in [0.5, 0.6) is 5.75 Å². The van der Waals surface area contributed by atoms with Crippen LogP contribution in [-0.2, 0) is 13.7 Å². The van der Waals surface area contributed by atoms with Crippen molar-refractivity contribution in [3.05, 3.63) is 42.0 Å². The molecule has 5 heteroatoms. The van der Waals surface area contributed by atoms with E-state index in [-0.39, 0.29) is 5.78 Å². The van der Waals surface area contributed by atoms with Gasteiger partial charge >= 0.3 is 0 Å². The summed E-state index contributed by atoms with van der Waals surface area (Å²) in [5.74, 6) is 1.38. The molecule has 0 bridgehead atoms. The number of aryl methyl sites for hydroxylation is 1. The molecule has 0 spiro atoms. The van der Waals surface area contributed by atoms with Gasteiger partial charge in [0.05, 0.1) is 5.56 Å². The number of benzene rings is 1. The third kappa shape index (κ3) is 2.56. The maximum Gasteiger partial charge on any atom is 0.166 e. The second kappa shape index (κ2) is 5.44. The van der Waals surface area contributed by atoms with Crippen molar-refractivity contribution in [1.82, 2.24) is 14.8 Å². The van der Waals surface area contributed by atoms with E-state index in [9.17, 15) is 4.79 Å². The number of Topliss-reactive ketones (excluding diaryl/α,β-unsaturated/α-hetero) is 1. The molecule has 18 heavy (non-hydrogen) atoms.